The minimum atomic E-state index is -4.06. The molecule has 0 aliphatic heterocycles. The highest BCUT2D eigenvalue weighted by atomic mass is 32.2. The second-order valence-corrected chi connectivity index (χ2v) is 11.6. The predicted molar refractivity (Wildman–Crippen MR) is 156 cm³/mol. The number of para-hydroxylation sites is 1. The Balaban J connectivity index is 1.98. The summed E-state index contributed by atoms with van der Waals surface area (Å²) in [7, 11) is -4.06. The summed E-state index contributed by atoms with van der Waals surface area (Å²) in [6.07, 6.45) is 1.70. The molecule has 0 saturated carbocycles. The molecule has 0 aliphatic rings. The number of hydrogen-bond acceptors (Lipinski definition) is 4. The van der Waals surface area contributed by atoms with Crippen LogP contribution in [0.4, 0.5) is 5.69 Å². The number of rotatable bonds is 13. The van der Waals surface area contributed by atoms with Crippen molar-refractivity contribution >= 4 is 27.5 Å². The van der Waals surface area contributed by atoms with Crippen molar-refractivity contribution in [1.82, 2.24) is 10.2 Å². The van der Waals surface area contributed by atoms with E-state index in [1.165, 1.54) is 4.90 Å². The third-order valence-corrected chi connectivity index (χ3v) is 8.59. The van der Waals surface area contributed by atoms with Crippen molar-refractivity contribution in [2.24, 2.45) is 0 Å². The van der Waals surface area contributed by atoms with Gasteiger partial charge in [-0.2, -0.15) is 0 Å². The van der Waals surface area contributed by atoms with Crippen molar-refractivity contribution in [2.75, 3.05) is 17.4 Å². The summed E-state index contributed by atoms with van der Waals surface area (Å²) in [4.78, 5) is 28.9. The van der Waals surface area contributed by atoms with E-state index in [2.05, 4.69) is 5.32 Å². The van der Waals surface area contributed by atoms with Gasteiger partial charge in [0.05, 0.1) is 10.6 Å². The van der Waals surface area contributed by atoms with Crippen LogP contribution in [0.2, 0.25) is 0 Å². The first-order chi connectivity index (χ1) is 18.7. The van der Waals surface area contributed by atoms with Gasteiger partial charge in [0, 0.05) is 12.6 Å². The maximum Gasteiger partial charge on any atom is 0.264 e. The second-order valence-electron chi connectivity index (χ2n) is 9.72. The molecule has 0 aromatic heterocycles. The highest BCUT2D eigenvalue weighted by Crippen LogP contribution is 2.24. The van der Waals surface area contributed by atoms with Gasteiger partial charge in [-0.3, -0.25) is 13.9 Å². The van der Waals surface area contributed by atoms with Gasteiger partial charge in [-0.15, -0.1) is 0 Å². The lowest BCUT2D eigenvalue weighted by molar-refractivity contribution is -0.139. The van der Waals surface area contributed by atoms with Gasteiger partial charge in [0.1, 0.15) is 12.6 Å². The highest BCUT2D eigenvalue weighted by Gasteiger charge is 2.33. The summed E-state index contributed by atoms with van der Waals surface area (Å²) >= 11 is 0. The Hall–Kier alpha value is -3.65. The molecule has 39 heavy (non-hydrogen) atoms. The van der Waals surface area contributed by atoms with Crippen LogP contribution in [0.5, 0.6) is 0 Å². The number of anilines is 1. The molecule has 0 spiro atoms. The van der Waals surface area contributed by atoms with Crippen LogP contribution >= 0.6 is 0 Å². The first-order valence-electron chi connectivity index (χ1n) is 13.5. The van der Waals surface area contributed by atoms with Gasteiger partial charge in [0.25, 0.3) is 10.0 Å². The average Bonchev–Trinajstić information content (AvgIpc) is 2.94. The molecule has 0 heterocycles. The molecule has 2 atom stereocenters. The Morgan fingerprint density at radius 1 is 0.846 bits per heavy atom. The van der Waals surface area contributed by atoms with Crippen LogP contribution in [0.15, 0.2) is 89.8 Å². The minimum absolute atomic E-state index is 0.0413. The lowest BCUT2D eigenvalue weighted by Crippen LogP contribution is -2.54. The summed E-state index contributed by atoms with van der Waals surface area (Å²) < 4.78 is 28.8. The van der Waals surface area contributed by atoms with Crippen molar-refractivity contribution in [3.05, 3.63) is 96.1 Å². The van der Waals surface area contributed by atoms with Gasteiger partial charge in [0.2, 0.25) is 11.8 Å². The molecule has 1 N–H and O–H groups in total. The zero-order chi connectivity index (χ0) is 28.4. The summed E-state index contributed by atoms with van der Waals surface area (Å²) in [6, 6.07) is 24.1. The molecule has 2 amide bonds. The van der Waals surface area contributed by atoms with E-state index in [0.29, 0.717) is 18.5 Å². The van der Waals surface area contributed by atoms with E-state index in [9.17, 15) is 18.0 Å². The third-order valence-electron chi connectivity index (χ3n) is 6.80. The molecule has 3 aromatic carbocycles. The van der Waals surface area contributed by atoms with Crippen molar-refractivity contribution in [2.45, 2.75) is 63.9 Å². The number of carbonyl (C=O) groups is 2. The number of carbonyl (C=O) groups excluding carboxylic acids is 2. The number of sulfonamides is 1. The van der Waals surface area contributed by atoms with Crippen molar-refractivity contribution in [1.29, 1.82) is 0 Å². The fraction of sp³-hybridized carbons (Fsp3) is 0.355. The topological polar surface area (TPSA) is 86.8 Å². The molecule has 0 aliphatic carbocycles. The fourth-order valence-corrected chi connectivity index (χ4v) is 5.71. The zero-order valence-corrected chi connectivity index (χ0v) is 24.0. The Bertz CT molecular complexity index is 1310. The van der Waals surface area contributed by atoms with E-state index in [1.807, 2.05) is 58.0 Å². The van der Waals surface area contributed by atoms with Gasteiger partial charge < -0.3 is 10.2 Å². The second kappa shape index (κ2) is 13.9. The van der Waals surface area contributed by atoms with E-state index < -0.39 is 28.5 Å². The maximum absolute atomic E-state index is 14.0. The standard InChI is InChI=1S/C31H39N3O4S/c1-5-25(4)32-31(36)29(6-2)33(22-21-26-13-9-7-10-14-26)30(35)23-34(27-15-11-8-12-16-27)39(37,38)28-19-17-24(3)18-20-28/h7-20,25,29H,5-6,21-23H2,1-4H3,(H,32,36)/t25-,29-/m1/s1. The molecule has 0 unspecified atom stereocenters. The van der Waals surface area contributed by atoms with Crippen molar-refractivity contribution < 1.29 is 18.0 Å². The summed E-state index contributed by atoms with van der Waals surface area (Å²) in [5, 5.41) is 3.00. The number of amides is 2. The highest BCUT2D eigenvalue weighted by molar-refractivity contribution is 7.92. The molecule has 8 heteroatoms. The largest absolute Gasteiger partial charge is 0.352 e. The van der Waals surface area contributed by atoms with Crippen molar-refractivity contribution in [3.63, 3.8) is 0 Å². The smallest absolute Gasteiger partial charge is 0.264 e. The summed E-state index contributed by atoms with van der Waals surface area (Å²) in [5.74, 6) is -0.669. The van der Waals surface area contributed by atoms with E-state index in [0.717, 1.165) is 21.9 Å². The molecular weight excluding hydrogens is 510 g/mol. The molecule has 7 nitrogen and oxygen atoms in total. The van der Waals surface area contributed by atoms with E-state index in [1.54, 1.807) is 54.6 Å². The van der Waals surface area contributed by atoms with E-state index in [-0.39, 0.29) is 23.4 Å². The van der Waals surface area contributed by atoms with Crippen LogP contribution in [-0.2, 0) is 26.0 Å². The number of nitrogens with one attached hydrogen (secondary N) is 1. The lowest BCUT2D eigenvalue weighted by Gasteiger charge is -2.33. The Kier molecular flexibility index (Phi) is 10.7. The molecule has 0 fully saturated rings. The van der Waals surface area contributed by atoms with Crippen LogP contribution in [0, 0.1) is 6.92 Å². The van der Waals surface area contributed by atoms with E-state index in [4.69, 9.17) is 0 Å². The van der Waals surface area contributed by atoms with Crippen LogP contribution in [0.3, 0.4) is 0 Å². The van der Waals surface area contributed by atoms with Crippen LogP contribution in [-0.4, -0.2) is 50.3 Å². The molecular formula is C31H39N3O4S. The Labute approximate surface area is 232 Å². The average molecular weight is 550 g/mol. The van der Waals surface area contributed by atoms with Crippen molar-refractivity contribution in [3.8, 4) is 0 Å². The zero-order valence-electron chi connectivity index (χ0n) is 23.2. The number of hydrogen-bond donors (Lipinski definition) is 1. The SMILES string of the molecule is CC[C@@H](C)NC(=O)[C@@H](CC)N(CCc1ccccc1)C(=O)CN(c1ccccc1)S(=O)(=O)c1ccc(C)cc1. The quantitative estimate of drug-likeness (QED) is 0.327. The lowest BCUT2D eigenvalue weighted by atomic mass is 10.1. The van der Waals surface area contributed by atoms with Gasteiger partial charge in [-0.05, 0) is 62.9 Å². The normalized spacial score (nSPS) is 12.8. The molecule has 208 valence electrons. The molecule has 0 saturated heterocycles. The fourth-order valence-electron chi connectivity index (χ4n) is 4.30. The minimum Gasteiger partial charge on any atom is -0.352 e. The molecule has 0 bridgehead atoms. The van der Waals surface area contributed by atoms with Crippen LogP contribution in [0.1, 0.15) is 44.7 Å². The summed E-state index contributed by atoms with van der Waals surface area (Å²) in [5.41, 5.74) is 2.34. The monoisotopic (exact) mass is 549 g/mol. The molecule has 3 aromatic rings. The van der Waals surface area contributed by atoms with Crippen LogP contribution < -0.4 is 9.62 Å². The van der Waals surface area contributed by atoms with Gasteiger partial charge >= 0.3 is 0 Å². The third kappa shape index (κ3) is 7.93. The predicted octanol–water partition coefficient (Wildman–Crippen LogP) is 4.95. The number of benzene rings is 3. The van der Waals surface area contributed by atoms with Gasteiger partial charge in [0.15, 0.2) is 0 Å². The van der Waals surface area contributed by atoms with Gasteiger partial charge in [-0.1, -0.05) is 80.1 Å². The van der Waals surface area contributed by atoms with Crippen LogP contribution in [0.25, 0.3) is 0 Å². The molecule has 0 radical (unpaired) electrons. The van der Waals surface area contributed by atoms with E-state index >= 15 is 0 Å². The van der Waals surface area contributed by atoms with Gasteiger partial charge in [-0.25, -0.2) is 8.42 Å². The first kappa shape index (κ1) is 29.9. The first-order valence-corrected chi connectivity index (χ1v) is 14.9. The maximum atomic E-state index is 14.0. The number of aryl methyl sites for hydroxylation is 1. The summed E-state index contributed by atoms with van der Waals surface area (Å²) in [6.45, 7) is 7.51. The Morgan fingerprint density at radius 2 is 1.44 bits per heavy atom. The molecule has 3 rings (SSSR count). The number of nitrogens with zero attached hydrogens (tertiary/aromatic N) is 2. The Morgan fingerprint density at radius 3 is 2.00 bits per heavy atom.